The molecule has 0 aliphatic rings. The lowest BCUT2D eigenvalue weighted by Gasteiger charge is -2.06. The fraction of sp³-hybridized carbons (Fsp3) is 0.462. The van der Waals surface area contributed by atoms with E-state index in [9.17, 15) is 0 Å². The minimum Gasteiger partial charge on any atom is -0.233 e. The highest BCUT2D eigenvalue weighted by Crippen LogP contribution is 2.15. The van der Waals surface area contributed by atoms with Gasteiger partial charge in [0.05, 0.1) is 11.9 Å². The van der Waals surface area contributed by atoms with Gasteiger partial charge in [-0.1, -0.05) is 39.0 Å². The van der Waals surface area contributed by atoms with E-state index in [0.717, 1.165) is 17.2 Å². The largest absolute Gasteiger partial charge is 0.233 e. The van der Waals surface area contributed by atoms with Gasteiger partial charge in [-0.3, -0.25) is 0 Å². The maximum Gasteiger partial charge on any atom is 0.155 e. The molecule has 0 aromatic carbocycles. The zero-order chi connectivity index (χ0) is 12.4. The van der Waals surface area contributed by atoms with Crippen molar-refractivity contribution in [3.63, 3.8) is 0 Å². The molecule has 0 saturated carbocycles. The Morgan fingerprint density at radius 1 is 1.00 bits per heavy atom. The minimum atomic E-state index is 0.386. The molecule has 90 valence electrons. The van der Waals surface area contributed by atoms with Crippen molar-refractivity contribution >= 4 is 0 Å². The summed E-state index contributed by atoms with van der Waals surface area (Å²) >= 11 is 0. The number of hydrogen-bond acceptors (Lipinski definition) is 3. The highest BCUT2D eigenvalue weighted by Gasteiger charge is 2.08. The fourth-order valence-electron chi connectivity index (χ4n) is 1.54. The Hall–Kier alpha value is -1.71. The Bertz CT molecular complexity index is 500. The molecule has 0 N–H and O–H groups in total. The normalized spacial score (nSPS) is 11.4. The van der Waals surface area contributed by atoms with Gasteiger partial charge < -0.3 is 0 Å². The second-order valence-electron chi connectivity index (χ2n) is 4.82. The lowest BCUT2D eigenvalue weighted by atomic mass is 10.1. The number of hydrogen-bond donors (Lipinski definition) is 0. The van der Waals surface area contributed by atoms with Crippen LogP contribution in [0.2, 0.25) is 0 Å². The van der Waals surface area contributed by atoms with Crippen LogP contribution < -0.4 is 0 Å². The van der Waals surface area contributed by atoms with E-state index in [4.69, 9.17) is 0 Å². The van der Waals surface area contributed by atoms with Gasteiger partial charge in [0, 0.05) is 5.69 Å². The molecule has 0 bridgehead atoms. The van der Waals surface area contributed by atoms with E-state index < -0.39 is 0 Å². The first-order valence-corrected chi connectivity index (χ1v) is 5.97. The molecule has 0 fully saturated rings. The summed E-state index contributed by atoms with van der Waals surface area (Å²) < 4.78 is 1.74. The zero-order valence-electron chi connectivity index (χ0n) is 10.8. The molecule has 0 atom stereocenters. The predicted octanol–water partition coefficient (Wildman–Crippen LogP) is 2.91. The van der Waals surface area contributed by atoms with Gasteiger partial charge in [0.2, 0.25) is 0 Å². The van der Waals surface area contributed by atoms with Crippen LogP contribution in [0.5, 0.6) is 0 Å². The molecule has 2 aromatic rings. The molecule has 17 heavy (non-hydrogen) atoms. The molecule has 2 heterocycles. The molecular formula is C13H18N4. The third-order valence-corrected chi connectivity index (χ3v) is 2.68. The van der Waals surface area contributed by atoms with Crippen LogP contribution in [0.3, 0.4) is 0 Å². The summed E-state index contributed by atoms with van der Waals surface area (Å²) in [5, 5.41) is 8.25. The van der Waals surface area contributed by atoms with Crippen molar-refractivity contribution < 1.29 is 0 Å². The molecule has 0 unspecified atom stereocenters. The molecule has 2 rings (SSSR count). The van der Waals surface area contributed by atoms with Crippen LogP contribution >= 0.6 is 0 Å². The van der Waals surface area contributed by atoms with E-state index in [-0.39, 0.29) is 0 Å². The van der Waals surface area contributed by atoms with Crippen LogP contribution in [-0.2, 0) is 0 Å². The summed E-state index contributed by atoms with van der Waals surface area (Å²) in [6.07, 6.45) is 1.94. The molecule has 0 aliphatic heterocycles. The van der Waals surface area contributed by atoms with E-state index in [1.54, 1.807) is 4.68 Å². The SMILES string of the molecule is CC(C)c1cn(-c2cccc(C(C)C)n2)nn1. The number of pyridine rings is 1. The van der Waals surface area contributed by atoms with Crippen molar-refractivity contribution in [3.8, 4) is 5.82 Å². The standard InChI is InChI=1S/C13H18N4/c1-9(2)11-6-5-7-13(14-11)17-8-12(10(3)4)15-16-17/h5-10H,1-4H3. The van der Waals surface area contributed by atoms with Crippen molar-refractivity contribution in [1.29, 1.82) is 0 Å². The predicted molar refractivity (Wildman–Crippen MR) is 67.3 cm³/mol. The van der Waals surface area contributed by atoms with E-state index in [0.29, 0.717) is 11.8 Å². The van der Waals surface area contributed by atoms with Crippen LogP contribution in [0, 0.1) is 0 Å². The van der Waals surface area contributed by atoms with E-state index in [2.05, 4.69) is 43.0 Å². The van der Waals surface area contributed by atoms with Crippen molar-refractivity contribution in [2.45, 2.75) is 39.5 Å². The molecule has 2 aromatic heterocycles. The maximum absolute atomic E-state index is 4.58. The average molecular weight is 230 g/mol. The number of rotatable bonds is 3. The third-order valence-electron chi connectivity index (χ3n) is 2.68. The van der Waals surface area contributed by atoms with E-state index in [1.807, 2.05) is 24.4 Å². The smallest absolute Gasteiger partial charge is 0.155 e. The molecule has 0 saturated heterocycles. The molecule has 0 aliphatic carbocycles. The van der Waals surface area contributed by atoms with Gasteiger partial charge >= 0.3 is 0 Å². The van der Waals surface area contributed by atoms with Crippen LogP contribution in [-0.4, -0.2) is 20.0 Å². The second kappa shape index (κ2) is 4.65. The summed E-state index contributed by atoms with van der Waals surface area (Å²) in [6, 6.07) is 5.99. The van der Waals surface area contributed by atoms with Gasteiger partial charge in [-0.2, -0.15) is 0 Å². The molecular weight excluding hydrogens is 212 g/mol. The first-order chi connectivity index (χ1) is 8.08. The Kier molecular flexibility index (Phi) is 3.22. The van der Waals surface area contributed by atoms with E-state index in [1.165, 1.54) is 0 Å². The lowest BCUT2D eigenvalue weighted by Crippen LogP contribution is -2.01. The van der Waals surface area contributed by atoms with Crippen LogP contribution in [0.4, 0.5) is 0 Å². The quantitative estimate of drug-likeness (QED) is 0.814. The fourth-order valence-corrected chi connectivity index (χ4v) is 1.54. The summed E-state index contributed by atoms with van der Waals surface area (Å²) in [5.41, 5.74) is 2.06. The molecule has 4 nitrogen and oxygen atoms in total. The van der Waals surface area contributed by atoms with Gasteiger partial charge in [-0.25, -0.2) is 9.67 Å². The first kappa shape index (κ1) is 11.8. The summed E-state index contributed by atoms with van der Waals surface area (Å²) in [4.78, 5) is 4.58. The number of nitrogens with zero attached hydrogens (tertiary/aromatic N) is 4. The summed E-state index contributed by atoms with van der Waals surface area (Å²) in [5.74, 6) is 1.63. The average Bonchev–Trinajstić information content (AvgIpc) is 2.78. The second-order valence-corrected chi connectivity index (χ2v) is 4.82. The Morgan fingerprint density at radius 3 is 2.29 bits per heavy atom. The van der Waals surface area contributed by atoms with Gasteiger partial charge in [-0.05, 0) is 24.0 Å². The van der Waals surface area contributed by atoms with Crippen molar-refractivity contribution in [2.75, 3.05) is 0 Å². The summed E-state index contributed by atoms with van der Waals surface area (Å²) in [7, 11) is 0. The molecule has 4 heteroatoms. The van der Waals surface area contributed by atoms with Crippen LogP contribution in [0.25, 0.3) is 5.82 Å². The maximum atomic E-state index is 4.58. The van der Waals surface area contributed by atoms with Crippen molar-refractivity contribution in [2.24, 2.45) is 0 Å². The van der Waals surface area contributed by atoms with Crippen molar-refractivity contribution in [1.82, 2.24) is 20.0 Å². The first-order valence-electron chi connectivity index (χ1n) is 5.97. The van der Waals surface area contributed by atoms with Gasteiger partial charge in [0.25, 0.3) is 0 Å². The van der Waals surface area contributed by atoms with E-state index >= 15 is 0 Å². The molecule has 0 spiro atoms. The van der Waals surface area contributed by atoms with Gasteiger partial charge in [0.15, 0.2) is 5.82 Å². The third kappa shape index (κ3) is 2.52. The summed E-state index contributed by atoms with van der Waals surface area (Å²) in [6.45, 7) is 8.47. The topological polar surface area (TPSA) is 43.6 Å². The highest BCUT2D eigenvalue weighted by molar-refractivity contribution is 5.25. The van der Waals surface area contributed by atoms with Gasteiger partial charge in [-0.15, -0.1) is 5.10 Å². The van der Waals surface area contributed by atoms with Crippen LogP contribution in [0.1, 0.15) is 50.9 Å². The molecule has 0 radical (unpaired) electrons. The Labute approximate surface area is 102 Å². The monoisotopic (exact) mass is 230 g/mol. The highest BCUT2D eigenvalue weighted by atomic mass is 15.4. The zero-order valence-corrected chi connectivity index (χ0v) is 10.8. The van der Waals surface area contributed by atoms with Gasteiger partial charge in [0.1, 0.15) is 0 Å². The Morgan fingerprint density at radius 2 is 1.71 bits per heavy atom. The lowest BCUT2D eigenvalue weighted by molar-refractivity contribution is 0.747. The Balaban J connectivity index is 2.35. The van der Waals surface area contributed by atoms with Crippen LogP contribution in [0.15, 0.2) is 24.4 Å². The number of aromatic nitrogens is 4. The van der Waals surface area contributed by atoms with Crippen molar-refractivity contribution in [3.05, 3.63) is 35.8 Å². The molecule has 0 amide bonds. The minimum absolute atomic E-state index is 0.386.